The highest BCUT2D eigenvalue weighted by Gasteiger charge is 2.49. The summed E-state index contributed by atoms with van der Waals surface area (Å²) in [7, 11) is 0. The fraction of sp³-hybridized carbons (Fsp3) is 0.429. The summed E-state index contributed by atoms with van der Waals surface area (Å²) >= 11 is 1.44. The molecule has 1 aromatic carbocycles. The Hall–Kier alpha value is -1.74. The van der Waals surface area contributed by atoms with Crippen LogP contribution >= 0.6 is 11.3 Å². The van der Waals surface area contributed by atoms with E-state index in [-0.39, 0.29) is 11.2 Å². The third-order valence-corrected chi connectivity index (χ3v) is 6.52. The first kappa shape index (κ1) is 14.6. The Morgan fingerprint density at radius 3 is 2.71 bits per heavy atom. The molecule has 0 spiro atoms. The van der Waals surface area contributed by atoms with Gasteiger partial charge in [0.2, 0.25) is 0 Å². The van der Waals surface area contributed by atoms with E-state index in [1.807, 2.05) is 18.2 Å². The molecular formula is C21H23NOS. The Morgan fingerprint density at radius 2 is 2.00 bits per heavy atom. The normalized spacial score (nSPS) is 26.0. The summed E-state index contributed by atoms with van der Waals surface area (Å²) in [5.74, 6) is 0.280. The number of hydrogen-bond donors (Lipinski definition) is 0. The average molecular weight is 338 g/mol. The van der Waals surface area contributed by atoms with Crippen molar-refractivity contribution in [3.8, 4) is 0 Å². The van der Waals surface area contributed by atoms with Crippen molar-refractivity contribution < 1.29 is 6.17 Å². The predicted molar refractivity (Wildman–Crippen MR) is 98.4 cm³/mol. The average Bonchev–Trinajstić information content (AvgIpc) is 2.92. The van der Waals surface area contributed by atoms with Crippen molar-refractivity contribution in [3.63, 3.8) is 0 Å². The van der Waals surface area contributed by atoms with Crippen molar-refractivity contribution in [2.45, 2.75) is 51.9 Å². The molecule has 2 aliphatic carbocycles. The summed E-state index contributed by atoms with van der Waals surface area (Å²) in [6.07, 6.45) is 3.08. The lowest BCUT2D eigenvalue weighted by atomic mass is 9.59. The topological polar surface area (TPSA) is 30.0 Å². The maximum Gasteiger partial charge on any atom is 0.160 e. The third kappa shape index (κ3) is 2.14. The van der Waals surface area contributed by atoms with Gasteiger partial charge in [-0.3, -0.25) is 4.79 Å². The van der Waals surface area contributed by atoms with Crippen LogP contribution in [0.4, 0.5) is 0 Å². The van der Waals surface area contributed by atoms with Crippen LogP contribution in [0.3, 0.4) is 0 Å². The summed E-state index contributed by atoms with van der Waals surface area (Å²) in [6, 6.07) is 10.3. The molecule has 124 valence electrons. The van der Waals surface area contributed by atoms with Crippen LogP contribution < -0.4 is 0 Å². The van der Waals surface area contributed by atoms with Gasteiger partial charge in [0.05, 0.1) is 18.0 Å². The molecule has 1 unspecified atom stereocenters. The van der Waals surface area contributed by atoms with E-state index in [1.165, 1.54) is 16.9 Å². The molecule has 1 heterocycles. The quantitative estimate of drug-likeness (QED) is 0.764. The van der Waals surface area contributed by atoms with Crippen molar-refractivity contribution in [2.24, 2.45) is 5.41 Å². The third-order valence-electron chi connectivity index (χ3n) is 5.55. The van der Waals surface area contributed by atoms with Gasteiger partial charge in [0.1, 0.15) is 0 Å². The first-order chi connectivity index (χ1) is 11.9. The molecule has 0 fully saturated rings. The second-order valence-corrected chi connectivity index (χ2v) is 8.60. The Balaban J connectivity index is 2.04. The standard InChI is InChI=1S/C21H23NOS/c1-4-21(15-8-6-5-7-9-15)18-14(10-16-19(21)24-13-22-16)11-20(2,3)12-17(18)23/h5-9,13H,4,10-12H2,1-3H3/i13D. The first-order valence-corrected chi connectivity index (χ1v) is 9.47. The molecule has 0 saturated carbocycles. The molecule has 0 aliphatic heterocycles. The lowest BCUT2D eigenvalue weighted by molar-refractivity contribution is -0.118. The van der Waals surface area contributed by atoms with Gasteiger partial charge in [-0.2, -0.15) is 0 Å². The maximum atomic E-state index is 13.3. The molecule has 0 N–H and O–H groups in total. The van der Waals surface area contributed by atoms with Crippen LogP contribution in [0.1, 0.15) is 57.5 Å². The molecule has 0 bridgehead atoms. The summed E-state index contributed by atoms with van der Waals surface area (Å²) in [5.41, 5.74) is 4.32. The van der Waals surface area contributed by atoms with E-state index in [9.17, 15) is 4.79 Å². The van der Waals surface area contributed by atoms with E-state index in [4.69, 9.17) is 1.37 Å². The van der Waals surface area contributed by atoms with Crippen molar-refractivity contribution in [1.82, 2.24) is 4.98 Å². The zero-order chi connectivity index (χ0) is 17.8. The number of rotatable bonds is 2. The fourth-order valence-electron chi connectivity index (χ4n) is 4.68. The van der Waals surface area contributed by atoms with Gasteiger partial charge in [-0.25, -0.2) is 4.98 Å². The van der Waals surface area contributed by atoms with Gasteiger partial charge in [0.15, 0.2) is 5.78 Å². The molecule has 1 aromatic heterocycles. The summed E-state index contributed by atoms with van der Waals surface area (Å²) in [6.45, 7) is 6.51. The van der Waals surface area contributed by atoms with Gasteiger partial charge in [-0.1, -0.05) is 56.7 Å². The highest BCUT2D eigenvalue weighted by Crippen LogP contribution is 2.54. The molecule has 4 rings (SSSR count). The highest BCUT2D eigenvalue weighted by molar-refractivity contribution is 7.10. The fourth-order valence-corrected chi connectivity index (χ4v) is 5.70. The lowest BCUT2D eigenvalue weighted by Gasteiger charge is -2.44. The van der Waals surface area contributed by atoms with Crippen LogP contribution in [-0.4, -0.2) is 10.8 Å². The Morgan fingerprint density at radius 1 is 1.25 bits per heavy atom. The summed E-state index contributed by atoms with van der Waals surface area (Å²) < 4.78 is 8.10. The van der Waals surface area contributed by atoms with Crippen LogP contribution in [0.2, 0.25) is 0 Å². The minimum absolute atomic E-state index is 0.00338. The van der Waals surface area contributed by atoms with Crippen molar-refractivity contribution in [2.75, 3.05) is 0 Å². The van der Waals surface area contributed by atoms with E-state index in [0.717, 1.165) is 41.0 Å². The van der Waals surface area contributed by atoms with Crippen LogP contribution in [0.5, 0.6) is 0 Å². The number of allylic oxidation sites excluding steroid dienone is 2. The van der Waals surface area contributed by atoms with Gasteiger partial charge in [-0.05, 0) is 23.8 Å². The minimum Gasteiger partial charge on any atom is -0.294 e. The monoisotopic (exact) mass is 338 g/mol. The van der Waals surface area contributed by atoms with Gasteiger partial charge in [0, 0.05) is 23.3 Å². The number of nitrogens with zero attached hydrogens (tertiary/aromatic N) is 1. The number of ketones is 1. The molecule has 1 atom stereocenters. The van der Waals surface area contributed by atoms with Gasteiger partial charge >= 0.3 is 0 Å². The van der Waals surface area contributed by atoms with Crippen LogP contribution in [0, 0.1) is 5.41 Å². The summed E-state index contributed by atoms with van der Waals surface area (Å²) in [4.78, 5) is 18.9. The van der Waals surface area contributed by atoms with E-state index >= 15 is 0 Å². The molecule has 2 aromatic rings. The van der Waals surface area contributed by atoms with Crippen molar-refractivity contribution in [1.29, 1.82) is 0 Å². The molecule has 0 radical (unpaired) electrons. The first-order valence-electron chi connectivity index (χ1n) is 9.15. The number of aromatic nitrogens is 1. The molecule has 3 heteroatoms. The van der Waals surface area contributed by atoms with Crippen molar-refractivity contribution >= 4 is 17.1 Å². The molecule has 0 saturated heterocycles. The Labute approximate surface area is 149 Å². The number of carbonyl (C=O) groups is 1. The Kier molecular flexibility index (Phi) is 3.27. The van der Waals surface area contributed by atoms with Crippen molar-refractivity contribution in [3.05, 3.63) is 63.1 Å². The van der Waals surface area contributed by atoms with Crippen LogP contribution in [0.15, 0.2) is 47.0 Å². The van der Waals surface area contributed by atoms with Crippen LogP contribution in [-0.2, 0) is 16.6 Å². The highest BCUT2D eigenvalue weighted by atomic mass is 32.1. The number of hydrogen-bond acceptors (Lipinski definition) is 3. The largest absolute Gasteiger partial charge is 0.294 e. The minimum atomic E-state index is -0.436. The maximum absolute atomic E-state index is 13.3. The smallest absolute Gasteiger partial charge is 0.160 e. The SMILES string of the molecule is [2H]c1nc2c(s1)C(CC)(c1ccccc1)C1=C(C2)CC(C)(C)CC1=O. The van der Waals surface area contributed by atoms with E-state index in [0.29, 0.717) is 11.9 Å². The number of fused-ring (bicyclic) bond motifs is 1. The number of carbonyl (C=O) groups excluding carboxylic acids is 1. The lowest BCUT2D eigenvalue weighted by Crippen LogP contribution is -2.41. The molecule has 2 aliphatic rings. The van der Waals surface area contributed by atoms with E-state index in [2.05, 4.69) is 37.9 Å². The zero-order valence-electron chi connectivity index (χ0n) is 15.5. The van der Waals surface area contributed by atoms with Gasteiger partial charge in [-0.15, -0.1) is 11.3 Å². The van der Waals surface area contributed by atoms with Crippen LogP contribution in [0.25, 0.3) is 0 Å². The Bertz CT molecular complexity index is 881. The van der Waals surface area contributed by atoms with E-state index < -0.39 is 5.41 Å². The number of benzene rings is 1. The zero-order valence-corrected chi connectivity index (χ0v) is 15.3. The molecular weight excluding hydrogens is 314 g/mol. The van der Waals surface area contributed by atoms with E-state index in [1.54, 1.807) is 0 Å². The second-order valence-electron chi connectivity index (χ2n) is 7.80. The number of thiazole rings is 1. The van der Waals surface area contributed by atoms with Gasteiger partial charge < -0.3 is 0 Å². The molecule has 0 amide bonds. The molecule has 24 heavy (non-hydrogen) atoms. The van der Waals surface area contributed by atoms with Gasteiger partial charge in [0.25, 0.3) is 0 Å². The summed E-state index contributed by atoms with van der Waals surface area (Å²) in [5, 5.41) is 0. The molecule has 2 nitrogen and oxygen atoms in total. The predicted octanol–water partition coefficient (Wildman–Crippen LogP) is 5.08. The second kappa shape index (κ2) is 5.38. The number of Topliss-reactive ketones (excluding diaryl/α,β-unsaturated/α-hetero) is 1.